The van der Waals surface area contributed by atoms with E-state index in [1.165, 1.54) is 0 Å². The first-order chi connectivity index (χ1) is 9.19. The normalized spacial score (nSPS) is 10.6. The molecule has 3 nitrogen and oxygen atoms in total. The van der Waals surface area contributed by atoms with Crippen LogP contribution in [-0.2, 0) is 0 Å². The molecule has 0 aliphatic heterocycles. The standard InChI is InChI=1S/C14H6Cl2N2O/c1-17-8-5-6-12-11(7-8)18-14(19-12)13-9(15)3-2-4-10(13)16/h2-7H. The highest BCUT2D eigenvalue weighted by Gasteiger charge is 2.15. The van der Waals surface area contributed by atoms with E-state index in [1.807, 2.05) is 0 Å². The average Bonchev–Trinajstić information content (AvgIpc) is 2.80. The van der Waals surface area contributed by atoms with Gasteiger partial charge >= 0.3 is 0 Å². The van der Waals surface area contributed by atoms with Gasteiger partial charge in [-0.3, -0.25) is 0 Å². The first-order valence-electron chi connectivity index (χ1n) is 5.41. The van der Waals surface area contributed by atoms with Crippen molar-refractivity contribution in [1.82, 2.24) is 4.98 Å². The number of rotatable bonds is 1. The first kappa shape index (κ1) is 12.0. The molecule has 19 heavy (non-hydrogen) atoms. The van der Waals surface area contributed by atoms with Crippen molar-refractivity contribution in [3.63, 3.8) is 0 Å². The lowest BCUT2D eigenvalue weighted by molar-refractivity contribution is 0.620. The highest BCUT2D eigenvalue weighted by molar-refractivity contribution is 6.38. The summed E-state index contributed by atoms with van der Waals surface area (Å²) >= 11 is 12.2. The van der Waals surface area contributed by atoms with Crippen molar-refractivity contribution >= 4 is 40.0 Å². The molecule has 3 aromatic rings. The molecule has 5 heteroatoms. The third-order valence-corrected chi connectivity index (χ3v) is 3.31. The second-order valence-corrected chi connectivity index (χ2v) is 4.69. The van der Waals surface area contributed by atoms with Gasteiger partial charge < -0.3 is 4.42 Å². The summed E-state index contributed by atoms with van der Waals surface area (Å²) in [6.45, 7) is 6.98. The van der Waals surface area contributed by atoms with Crippen LogP contribution < -0.4 is 0 Å². The van der Waals surface area contributed by atoms with E-state index in [-0.39, 0.29) is 0 Å². The Labute approximate surface area is 119 Å². The van der Waals surface area contributed by atoms with Gasteiger partial charge in [0.1, 0.15) is 0 Å². The van der Waals surface area contributed by atoms with Crippen molar-refractivity contribution < 1.29 is 4.42 Å². The Kier molecular flexibility index (Phi) is 2.90. The van der Waals surface area contributed by atoms with Crippen molar-refractivity contribution in [2.24, 2.45) is 0 Å². The molecule has 0 saturated carbocycles. The van der Waals surface area contributed by atoms with Crippen LogP contribution in [0.25, 0.3) is 27.4 Å². The predicted octanol–water partition coefficient (Wildman–Crippen LogP) is 5.35. The second-order valence-electron chi connectivity index (χ2n) is 3.88. The number of benzene rings is 2. The van der Waals surface area contributed by atoms with Gasteiger partial charge in [0.2, 0.25) is 5.89 Å². The lowest BCUT2D eigenvalue weighted by Crippen LogP contribution is -1.80. The van der Waals surface area contributed by atoms with E-state index in [0.717, 1.165) is 0 Å². The van der Waals surface area contributed by atoms with Crippen LogP contribution in [0.2, 0.25) is 10.0 Å². The van der Waals surface area contributed by atoms with E-state index in [0.29, 0.717) is 38.3 Å². The van der Waals surface area contributed by atoms with Gasteiger partial charge in [-0.25, -0.2) is 9.83 Å². The maximum Gasteiger partial charge on any atom is 0.230 e. The van der Waals surface area contributed by atoms with Gasteiger partial charge in [0.05, 0.1) is 27.7 Å². The largest absolute Gasteiger partial charge is 0.436 e. The maximum absolute atomic E-state index is 6.98. The molecule has 0 aliphatic carbocycles. The van der Waals surface area contributed by atoms with Gasteiger partial charge in [0.25, 0.3) is 0 Å². The summed E-state index contributed by atoms with van der Waals surface area (Å²) in [5.41, 5.74) is 2.28. The zero-order valence-electron chi connectivity index (χ0n) is 9.52. The molecule has 0 atom stereocenters. The Morgan fingerprint density at radius 2 is 1.84 bits per heavy atom. The second kappa shape index (κ2) is 4.58. The van der Waals surface area contributed by atoms with Crippen LogP contribution in [0, 0.1) is 6.57 Å². The molecule has 0 unspecified atom stereocenters. The molecule has 0 spiro atoms. The molecule has 0 fully saturated rings. The number of aromatic nitrogens is 1. The first-order valence-corrected chi connectivity index (χ1v) is 6.17. The number of hydrogen-bond donors (Lipinski definition) is 0. The van der Waals surface area contributed by atoms with E-state index in [1.54, 1.807) is 36.4 Å². The lowest BCUT2D eigenvalue weighted by atomic mass is 10.2. The Hall–Kier alpha value is -2.02. The Bertz CT molecular complexity index is 798. The molecular formula is C14H6Cl2N2O. The maximum atomic E-state index is 6.98. The quantitative estimate of drug-likeness (QED) is 0.565. The van der Waals surface area contributed by atoms with Crippen molar-refractivity contribution in [1.29, 1.82) is 0 Å². The van der Waals surface area contributed by atoms with Crippen LogP contribution in [0.5, 0.6) is 0 Å². The fraction of sp³-hybridized carbons (Fsp3) is 0. The highest BCUT2D eigenvalue weighted by atomic mass is 35.5. The summed E-state index contributed by atoms with van der Waals surface area (Å²) in [6, 6.07) is 10.3. The molecule has 0 radical (unpaired) electrons. The van der Waals surface area contributed by atoms with E-state index in [4.69, 9.17) is 34.2 Å². The zero-order chi connectivity index (χ0) is 13.4. The summed E-state index contributed by atoms with van der Waals surface area (Å²) in [7, 11) is 0. The van der Waals surface area contributed by atoms with Crippen molar-refractivity contribution in [3.8, 4) is 11.5 Å². The molecule has 1 heterocycles. The summed E-state index contributed by atoms with van der Waals surface area (Å²) < 4.78 is 5.63. The minimum absolute atomic E-state index is 0.354. The van der Waals surface area contributed by atoms with Gasteiger partial charge in [0.15, 0.2) is 11.3 Å². The van der Waals surface area contributed by atoms with Crippen LogP contribution >= 0.6 is 23.2 Å². The van der Waals surface area contributed by atoms with Crippen molar-refractivity contribution in [2.75, 3.05) is 0 Å². The van der Waals surface area contributed by atoms with Crippen molar-refractivity contribution in [3.05, 3.63) is 57.9 Å². The minimum Gasteiger partial charge on any atom is -0.436 e. The molecular weight excluding hydrogens is 283 g/mol. The fourth-order valence-electron chi connectivity index (χ4n) is 1.79. The van der Waals surface area contributed by atoms with Crippen molar-refractivity contribution in [2.45, 2.75) is 0 Å². The van der Waals surface area contributed by atoms with Crippen LogP contribution in [0.4, 0.5) is 5.69 Å². The van der Waals surface area contributed by atoms with Crippen LogP contribution in [-0.4, -0.2) is 4.98 Å². The molecule has 0 amide bonds. The Balaban J connectivity index is 2.24. The molecule has 92 valence electrons. The lowest BCUT2D eigenvalue weighted by Gasteiger charge is -2.01. The average molecular weight is 289 g/mol. The molecule has 0 saturated heterocycles. The number of nitrogens with zero attached hydrogens (tertiary/aromatic N) is 2. The zero-order valence-corrected chi connectivity index (χ0v) is 11.0. The van der Waals surface area contributed by atoms with E-state index in [9.17, 15) is 0 Å². The highest BCUT2D eigenvalue weighted by Crippen LogP contribution is 2.36. The minimum atomic E-state index is 0.354. The summed E-state index contributed by atoms with van der Waals surface area (Å²) in [5, 5.41) is 0.953. The third kappa shape index (κ3) is 2.06. The number of oxazole rings is 1. The van der Waals surface area contributed by atoms with Gasteiger partial charge in [-0.2, -0.15) is 0 Å². The van der Waals surface area contributed by atoms with E-state index >= 15 is 0 Å². The Morgan fingerprint density at radius 1 is 1.11 bits per heavy atom. The number of halogens is 2. The summed E-state index contributed by atoms with van der Waals surface area (Å²) in [6.07, 6.45) is 0. The van der Waals surface area contributed by atoms with Gasteiger partial charge in [-0.15, -0.1) is 0 Å². The van der Waals surface area contributed by atoms with E-state index < -0.39 is 0 Å². The predicted molar refractivity (Wildman–Crippen MR) is 75.7 cm³/mol. The Morgan fingerprint density at radius 3 is 2.53 bits per heavy atom. The van der Waals surface area contributed by atoms with Crippen LogP contribution in [0.15, 0.2) is 40.8 Å². The topological polar surface area (TPSA) is 30.4 Å². The smallest absolute Gasteiger partial charge is 0.230 e. The molecule has 0 aliphatic rings. The van der Waals surface area contributed by atoms with E-state index in [2.05, 4.69) is 9.83 Å². The third-order valence-electron chi connectivity index (χ3n) is 2.68. The monoisotopic (exact) mass is 288 g/mol. The number of hydrogen-bond acceptors (Lipinski definition) is 2. The fourth-order valence-corrected chi connectivity index (χ4v) is 2.35. The van der Waals surface area contributed by atoms with Crippen LogP contribution in [0.1, 0.15) is 0 Å². The molecule has 3 rings (SSSR count). The molecule has 0 bridgehead atoms. The van der Waals surface area contributed by atoms with Crippen LogP contribution in [0.3, 0.4) is 0 Å². The van der Waals surface area contributed by atoms with Gasteiger partial charge in [-0.05, 0) is 24.3 Å². The summed E-state index contributed by atoms with van der Waals surface area (Å²) in [4.78, 5) is 7.69. The number of fused-ring (bicyclic) bond motifs is 1. The molecule has 0 N–H and O–H groups in total. The molecule has 1 aromatic heterocycles. The molecule has 2 aromatic carbocycles. The van der Waals surface area contributed by atoms with Gasteiger partial charge in [0, 0.05) is 0 Å². The summed E-state index contributed by atoms with van der Waals surface area (Å²) in [5.74, 6) is 0.354. The van der Waals surface area contributed by atoms with Gasteiger partial charge in [-0.1, -0.05) is 35.3 Å². The SMILES string of the molecule is [C-]#[N+]c1ccc2oc(-c3c(Cl)cccc3Cl)nc2c1.